The first-order chi connectivity index (χ1) is 10.3. The van der Waals surface area contributed by atoms with Crippen LogP contribution >= 0.6 is 0 Å². The summed E-state index contributed by atoms with van der Waals surface area (Å²) in [6.07, 6.45) is 1.54. The molecule has 0 amide bonds. The van der Waals surface area contributed by atoms with Gasteiger partial charge < -0.3 is 5.11 Å². The van der Waals surface area contributed by atoms with Crippen molar-refractivity contribution in [1.29, 1.82) is 0 Å². The van der Waals surface area contributed by atoms with Gasteiger partial charge in [-0.3, -0.25) is 4.90 Å². The number of aromatic nitrogens is 2. The first kappa shape index (κ1) is 16.6. The lowest BCUT2D eigenvalue weighted by Crippen LogP contribution is -2.38. The van der Waals surface area contributed by atoms with Crippen LogP contribution in [-0.2, 0) is 6.54 Å². The van der Waals surface area contributed by atoms with Crippen molar-refractivity contribution in [2.24, 2.45) is 0 Å². The van der Waals surface area contributed by atoms with E-state index < -0.39 is 17.2 Å². The molecule has 1 aromatic carbocycles. The van der Waals surface area contributed by atoms with E-state index in [9.17, 15) is 13.9 Å². The molecule has 0 atom stereocenters. The largest absolute Gasteiger partial charge is 0.389 e. The number of likely N-dealkylation sites (N-methyl/N-ethyl adjacent to an activating group) is 1. The highest BCUT2D eigenvalue weighted by Crippen LogP contribution is 2.17. The monoisotopic (exact) mass is 309 g/mol. The summed E-state index contributed by atoms with van der Waals surface area (Å²) in [5.41, 5.74) is -0.302. The maximum absolute atomic E-state index is 13.8. The summed E-state index contributed by atoms with van der Waals surface area (Å²) in [6.45, 7) is 7.20. The molecule has 0 spiro atoms. The normalized spacial score (nSPS) is 12.1. The van der Waals surface area contributed by atoms with E-state index >= 15 is 0 Å². The van der Waals surface area contributed by atoms with Gasteiger partial charge in [0.25, 0.3) is 0 Å². The van der Waals surface area contributed by atoms with Gasteiger partial charge in [-0.25, -0.2) is 13.5 Å². The van der Waals surface area contributed by atoms with Crippen LogP contribution in [-0.4, -0.2) is 38.5 Å². The predicted octanol–water partition coefficient (Wildman–Crippen LogP) is 2.74. The molecule has 0 bridgehead atoms. The van der Waals surface area contributed by atoms with Crippen LogP contribution in [0.2, 0.25) is 0 Å². The highest BCUT2D eigenvalue weighted by atomic mass is 19.1. The molecule has 1 aromatic heterocycles. The Bertz CT molecular complexity index is 614. The minimum atomic E-state index is -0.809. The molecule has 4 nitrogen and oxygen atoms in total. The predicted molar refractivity (Wildman–Crippen MR) is 80.7 cm³/mol. The van der Waals surface area contributed by atoms with E-state index in [0.29, 0.717) is 18.8 Å². The summed E-state index contributed by atoms with van der Waals surface area (Å²) in [6, 6.07) is 5.44. The first-order valence-corrected chi connectivity index (χ1v) is 7.24. The zero-order chi connectivity index (χ0) is 16.3. The third kappa shape index (κ3) is 4.11. The Morgan fingerprint density at radius 1 is 1.23 bits per heavy atom. The van der Waals surface area contributed by atoms with Crippen molar-refractivity contribution in [2.45, 2.75) is 32.9 Å². The molecular formula is C16H21F2N3O. The average Bonchev–Trinajstić information content (AvgIpc) is 2.84. The lowest BCUT2D eigenvalue weighted by Gasteiger charge is -2.27. The number of hydrogen-bond donors (Lipinski definition) is 1. The van der Waals surface area contributed by atoms with Gasteiger partial charge in [-0.05, 0) is 38.6 Å². The van der Waals surface area contributed by atoms with Gasteiger partial charge in [-0.2, -0.15) is 5.10 Å². The molecule has 0 aliphatic carbocycles. The summed E-state index contributed by atoms with van der Waals surface area (Å²) in [4.78, 5) is 2.02. The fourth-order valence-electron chi connectivity index (χ4n) is 2.33. The van der Waals surface area contributed by atoms with Gasteiger partial charge in [0.05, 0.1) is 11.3 Å². The number of rotatable bonds is 6. The lowest BCUT2D eigenvalue weighted by atomic mass is 10.1. The van der Waals surface area contributed by atoms with Crippen molar-refractivity contribution in [3.05, 3.63) is 47.8 Å². The molecule has 0 radical (unpaired) electrons. The van der Waals surface area contributed by atoms with Crippen molar-refractivity contribution in [3.8, 4) is 5.69 Å². The van der Waals surface area contributed by atoms with Crippen LogP contribution < -0.4 is 0 Å². The topological polar surface area (TPSA) is 41.3 Å². The zero-order valence-corrected chi connectivity index (χ0v) is 13.1. The van der Waals surface area contributed by atoms with Crippen LogP contribution in [0.15, 0.2) is 30.5 Å². The van der Waals surface area contributed by atoms with Gasteiger partial charge in [0.1, 0.15) is 5.69 Å². The van der Waals surface area contributed by atoms with Crippen LogP contribution in [0.1, 0.15) is 26.5 Å². The summed E-state index contributed by atoms with van der Waals surface area (Å²) >= 11 is 0. The van der Waals surface area contributed by atoms with E-state index in [0.717, 1.165) is 6.54 Å². The molecule has 0 saturated heterocycles. The Kier molecular flexibility index (Phi) is 4.93. The van der Waals surface area contributed by atoms with Crippen LogP contribution in [0.4, 0.5) is 8.78 Å². The third-order valence-corrected chi connectivity index (χ3v) is 3.25. The molecule has 0 saturated carbocycles. The second-order valence-electron chi connectivity index (χ2n) is 5.94. The van der Waals surface area contributed by atoms with Crippen molar-refractivity contribution < 1.29 is 13.9 Å². The molecule has 120 valence electrons. The van der Waals surface area contributed by atoms with E-state index in [-0.39, 0.29) is 5.69 Å². The molecule has 0 aliphatic rings. The van der Waals surface area contributed by atoms with E-state index in [1.54, 1.807) is 19.9 Å². The van der Waals surface area contributed by atoms with E-state index in [1.807, 2.05) is 11.8 Å². The fourth-order valence-corrected chi connectivity index (χ4v) is 2.33. The van der Waals surface area contributed by atoms with E-state index in [1.165, 1.54) is 29.1 Å². The number of halogens is 2. The first-order valence-electron chi connectivity index (χ1n) is 7.24. The molecule has 1 heterocycles. The summed E-state index contributed by atoms with van der Waals surface area (Å²) in [7, 11) is 0. The Hall–Kier alpha value is -1.79. The molecule has 6 heteroatoms. The van der Waals surface area contributed by atoms with Crippen molar-refractivity contribution in [1.82, 2.24) is 14.7 Å². The van der Waals surface area contributed by atoms with Crippen LogP contribution in [0.5, 0.6) is 0 Å². The number of aliphatic hydroxyl groups is 1. The maximum Gasteiger partial charge on any atom is 0.151 e. The van der Waals surface area contributed by atoms with Gasteiger partial charge in [0.2, 0.25) is 0 Å². The minimum absolute atomic E-state index is 0.181. The molecule has 0 aliphatic heterocycles. The van der Waals surface area contributed by atoms with Crippen molar-refractivity contribution >= 4 is 0 Å². The Balaban J connectivity index is 2.18. The van der Waals surface area contributed by atoms with Gasteiger partial charge >= 0.3 is 0 Å². The summed E-state index contributed by atoms with van der Waals surface area (Å²) < 4.78 is 28.7. The zero-order valence-electron chi connectivity index (χ0n) is 13.1. The number of para-hydroxylation sites is 1. The second-order valence-corrected chi connectivity index (χ2v) is 5.94. The third-order valence-electron chi connectivity index (χ3n) is 3.25. The van der Waals surface area contributed by atoms with Crippen LogP contribution in [0, 0.1) is 11.6 Å². The fraction of sp³-hybridized carbons (Fsp3) is 0.438. The molecule has 1 N–H and O–H groups in total. The minimum Gasteiger partial charge on any atom is -0.389 e. The molecule has 2 rings (SSSR count). The Labute approximate surface area is 129 Å². The highest BCUT2D eigenvalue weighted by Gasteiger charge is 2.18. The van der Waals surface area contributed by atoms with E-state index in [2.05, 4.69) is 5.10 Å². The summed E-state index contributed by atoms with van der Waals surface area (Å²) in [5, 5.41) is 14.1. The molecule has 0 unspecified atom stereocenters. The van der Waals surface area contributed by atoms with E-state index in [4.69, 9.17) is 0 Å². The van der Waals surface area contributed by atoms with Gasteiger partial charge in [0, 0.05) is 19.3 Å². The highest BCUT2D eigenvalue weighted by molar-refractivity contribution is 5.34. The Morgan fingerprint density at radius 3 is 2.41 bits per heavy atom. The van der Waals surface area contributed by atoms with Crippen LogP contribution in [0.25, 0.3) is 5.69 Å². The summed E-state index contributed by atoms with van der Waals surface area (Å²) in [5.74, 6) is -1.31. The molecular weight excluding hydrogens is 288 g/mol. The Morgan fingerprint density at radius 2 is 1.86 bits per heavy atom. The van der Waals surface area contributed by atoms with Gasteiger partial charge in [0.15, 0.2) is 11.6 Å². The standard InChI is InChI=1S/C16H21F2N3O/c1-4-20(11-16(2,3)22)10-12-8-9-21(19-12)15-13(17)6-5-7-14(15)18/h5-9,22H,4,10-11H2,1-3H3. The average molecular weight is 309 g/mol. The van der Waals surface area contributed by atoms with Crippen LogP contribution in [0.3, 0.4) is 0 Å². The number of nitrogens with zero attached hydrogens (tertiary/aromatic N) is 3. The lowest BCUT2D eigenvalue weighted by molar-refractivity contribution is 0.0349. The quantitative estimate of drug-likeness (QED) is 0.892. The van der Waals surface area contributed by atoms with Gasteiger partial charge in [-0.1, -0.05) is 13.0 Å². The smallest absolute Gasteiger partial charge is 0.151 e. The van der Waals surface area contributed by atoms with Crippen molar-refractivity contribution in [3.63, 3.8) is 0 Å². The van der Waals surface area contributed by atoms with Gasteiger partial charge in [-0.15, -0.1) is 0 Å². The maximum atomic E-state index is 13.8. The molecule has 2 aromatic rings. The van der Waals surface area contributed by atoms with Crippen molar-refractivity contribution in [2.75, 3.05) is 13.1 Å². The number of hydrogen-bond acceptors (Lipinski definition) is 3. The SMILES string of the molecule is CCN(Cc1ccn(-c2c(F)cccc2F)n1)CC(C)(C)O. The molecule has 0 fully saturated rings. The second kappa shape index (κ2) is 6.54. The number of benzene rings is 1. The molecule has 22 heavy (non-hydrogen) atoms.